The van der Waals surface area contributed by atoms with Gasteiger partial charge in [-0.2, -0.15) is 0 Å². The number of carbonyl (C=O) groups is 1. The second-order valence-corrected chi connectivity index (χ2v) is 8.25. The average molecular weight is 403 g/mol. The molecule has 5 nitrogen and oxygen atoms in total. The molecule has 4 rings (SSSR count). The fourth-order valence-corrected chi connectivity index (χ4v) is 4.43. The van der Waals surface area contributed by atoms with E-state index in [1.807, 2.05) is 0 Å². The Morgan fingerprint density at radius 1 is 1.10 bits per heavy atom. The van der Waals surface area contributed by atoms with Gasteiger partial charge in [-0.3, -0.25) is 9.69 Å². The zero-order valence-electron chi connectivity index (χ0n) is 16.5. The van der Waals surface area contributed by atoms with E-state index in [1.165, 1.54) is 18.6 Å². The van der Waals surface area contributed by atoms with Crippen molar-refractivity contribution >= 4 is 5.91 Å². The molecule has 1 aliphatic heterocycles. The van der Waals surface area contributed by atoms with E-state index in [4.69, 9.17) is 4.52 Å². The summed E-state index contributed by atoms with van der Waals surface area (Å²) in [4.78, 5) is 14.7. The summed E-state index contributed by atoms with van der Waals surface area (Å²) < 4.78 is 31.9. The molecular formula is C22H27F2N3O2. The van der Waals surface area contributed by atoms with E-state index < -0.39 is 11.6 Å². The fraction of sp³-hybridized carbons (Fsp3) is 0.545. The number of amides is 1. The monoisotopic (exact) mass is 403 g/mol. The van der Waals surface area contributed by atoms with Crippen LogP contribution in [0.15, 0.2) is 28.8 Å². The topological polar surface area (TPSA) is 58.4 Å². The second-order valence-electron chi connectivity index (χ2n) is 8.25. The first-order valence-corrected chi connectivity index (χ1v) is 10.5. The molecule has 0 radical (unpaired) electrons. The number of likely N-dealkylation sites (tertiary alicyclic amines) is 1. The number of hydrogen-bond donors (Lipinski definition) is 1. The van der Waals surface area contributed by atoms with Crippen LogP contribution in [0.2, 0.25) is 0 Å². The summed E-state index contributed by atoms with van der Waals surface area (Å²) in [7, 11) is 0. The lowest BCUT2D eigenvalue weighted by atomic mass is 9.94. The van der Waals surface area contributed by atoms with Crippen LogP contribution in [0.4, 0.5) is 8.78 Å². The third-order valence-corrected chi connectivity index (χ3v) is 6.01. The Bertz CT molecular complexity index is 848. The van der Waals surface area contributed by atoms with Crippen LogP contribution < -0.4 is 5.32 Å². The number of carbonyl (C=O) groups excluding carboxylic acids is 1. The minimum atomic E-state index is -0.827. The van der Waals surface area contributed by atoms with Gasteiger partial charge in [-0.25, -0.2) is 8.78 Å². The Hall–Kier alpha value is -2.28. The zero-order valence-corrected chi connectivity index (χ0v) is 16.5. The van der Waals surface area contributed by atoms with Crippen LogP contribution in [0.1, 0.15) is 72.7 Å². The van der Waals surface area contributed by atoms with Gasteiger partial charge in [0.2, 0.25) is 5.76 Å². The Balaban J connectivity index is 1.35. The average Bonchev–Trinajstić information content (AvgIpc) is 3.22. The highest BCUT2D eigenvalue weighted by molar-refractivity contribution is 5.91. The number of rotatable bonds is 5. The van der Waals surface area contributed by atoms with Crippen LogP contribution in [0, 0.1) is 11.6 Å². The van der Waals surface area contributed by atoms with Crippen molar-refractivity contribution in [1.82, 2.24) is 15.4 Å². The van der Waals surface area contributed by atoms with Crippen LogP contribution in [0.25, 0.3) is 0 Å². The van der Waals surface area contributed by atoms with E-state index in [2.05, 4.69) is 15.4 Å². The molecule has 0 unspecified atom stereocenters. The van der Waals surface area contributed by atoms with E-state index in [0.717, 1.165) is 62.9 Å². The normalized spacial score (nSPS) is 21.2. The first-order valence-electron chi connectivity index (χ1n) is 10.5. The van der Waals surface area contributed by atoms with Crippen LogP contribution in [0.3, 0.4) is 0 Å². The molecule has 1 aromatic heterocycles. The molecule has 2 fully saturated rings. The third-order valence-electron chi connectivity index (χ3n) is 6.01. The number of hydrogen-bond acceptors (Lipinski definition) is 4. The van der Waals surface area contributed by atoms with Gasteiger partial charge in [-0.15, -0.1) is 0 Å². The number of nitrogens with one attached hydrogen (secondary N) is 1. The van der Waals surface area contributed by atoms with Crippen molar-refractivity contribution in [2.45, 2.75) is 63.5 Å². The minimum Gasteiger partial charge on any atom is -0.351 e. The molecule has 0 bridgehead atoms. The lowest BCUT2D eigenvalue weighted by Gasteiger charge is -2.31. The lowest BCUT2D eigenvalue weighted by Crippen LogP contribution is -2.36. The van der Waals surface area contributed by atoms with Gasteiger partial charge in [0, 0.05) is 31.1 Å². The summed E-state index contributed by atoms with van der Waals surface area (Å²) in [6, 6.07) is 6.02. The minimum absolute atomic E-state index is 0.161. The van der Waals surface area contributed by atoms with Gasteiger partial charge in [0.05, 0.1) is 5.69 Å². The predicted molar refractivity (Wildman–Crippen MR) is 104 cm³/mol. The fourth-order valence-electron chi connectivity index (χ4n) is 4.43. The molecule has 1 amide bonds. The smallest absolute Gasteiger partial charge is 0.290 e. The summed E-state index contributed by atoms with van der Waals surface area (Å²) in [6.45, 7) is 2.19. The van der Waals surface area contributed by atoms with Gasteiger partial charge in [0.15, 0.2) is 11.6 Å². The number of nitrogens with zero attached hydrogens (tertiary/aromatic N) is 2. The summed E-state index contributed by atoms with van der Waals surface area (Å²) in [5.74, 6) is -1.41. The highest BCUT2D eigenvalue weighted by atomic mass is 19.2. The van der Waals surface area contributed by atoms with Crippen LogP contribution >= 0.6 is 0 Å². The molecule has 1 aromatic carbocycles. The lowest BCUT2D eigenvalue weighted by molar-refractivity contribution is 0.0890. The summed E-state index contributed by atoms with van der Waals surface area (Å²) in [6.07, 6.45) is 7.53. The van der Waals surface area contributed by atoms with E-state index in [1.54, 1.807) is 12.1 Å². The van der Waals surface area contributed by atoms with Gasteiger partial charge in [0.25, 0.3) is 5.91 Å². The molecule has 1 saturated carbocycles. The maximum atomic E-state index is 13.5. The molecule has 0 spiro atoms. The third kappa shape index (κ3) is 5.01. The molecule has 1 N–H and O–H groups in total. The van der Waals surface area contributed by atoms with Crippen molar-refractivity contribution in [3.8, 4) is 0 Å². The first-order chi connectivity index (χ1) is 14.1. The Morgan fingerprint density at radius 2 is 1.93 bits per heavy atom. The Kier molecular flexibility index (Phi) is 6.23. The summed E-state index contributed by atoms with van der Waals surface area (Å²) >= 11 is 0. The van der Waals surface area contributed by atoms with E-state index in [0.29, 0.717) is 6.54 Å². The molecule has 156 valence electrons. The molecule has 1 saturated heterocycles. The number of aromatic nitrogens is 1. The highest BCUT2D eigenvalue weighted by Gasteiger charge is 2.26. The van der Waals surface area contributed by atoms with Crippen LogP contribution in [0.5, 0.6) is 0 Å². The summed E-state index contributed by atoms with van der Waals surface area (Å²) in [5, 5.41) is 7.20. The zero-order chi connectivity index (χ0) is 20.2. The molecule has 1 aliphatic carbocycles. The van der Waals surface area contributed by atoms with Crippen molar-refractivity contribution in [3.05, 3.63) is 52.9 Å². The van der Waals surface area contributed by atoms with Gasteiger partial charge in [-0.1, -0.05) is 30.5 Å². The van der Waals surface area contributed by atoms with Gasteiger partial charge in [-0.05, 0) is 49.9 Å². The second kappa shape index (κ2) is 9.03. The van der Waals surface area contributed by atoms with E-state index in [9.17, 15) is 13.6 Å². The molecule has 7 heteroatoms. The van der Waals surface area contributed by atoms with Gasteiger partial charge < -0.3 is 9.84 Å². The molecule has 1 atom stereocenters. The number of piperidine rings is 1. The van der Waals surface area contributed by atoms with Gasteiger partial charge in [0.1, 0.15) is 0 Å². The molecule has 2 aromatic rings. The molecule has 2 heterocycles. The van der Waals surface area contributed by atoms with Gasteiger partial charge >= 0.3 is 0 Å². The van der Waals surface area contributed by atoms with Crippen molar-refractivity contribution in [2.75, 3.05) is 13.1 Å². The van der Waals surface area contributed by atoms with Crippen LogP contribution in [-0.4, -0.2) is 35.1 Å². The van der Waals surface area contributed by atoms with Crippen LogP contribution in [-0.2, 0) is 6.54 Å². The maximum Gasteiger partial charge on any atom is 0.290 e. The Labute approximate surface area is 169 Å². The number of halogens is 2. The quantitative estimate of drug-likeness (QED) is 0.804. The maximum absolute atomic E-state index is 13.5. The Morgan fingerprint density at radius 3 is 2.72 bits per heavy atom. The van der Waals surface area contributed by atoms with Crippen molar-refractivity contribution < 1.29 is 18.1 Å². The molecular weight excluding hydrogens is 376 g/mol. The summed E-state index contributed by atoms with van der Waals surface area (Å²) in [5.41, 5.74) is 1.53. The van der Waals surface area contributed by atoms with Crippen molar-refractivity contribution in [1.29, 1.82) is 0 Å². The predicted octanol–water partition coefficient (Wildman–Crippen LogP) is 4.39. The molecule has 29 heavy (non-hydrogen) atoms. The highest BCUT2D eigenvalue weighted by Crippen LogP contribution is 2.28. The number of benzene rings is 1. The van der Waals surface area contributed by atoms with Crippen molar-refractivity contribution in [3.63, 3.8) is 0 Å². The van der Waals surface area contributed by atoms with E-state index >= 15 is 0 Å². The van der Waals surface area contributed by atoms with E-state index in [-0.39, 0.29) is 23.6 Å². The SMILES string of the molecule is O=C(NC1CCCCC1)c1cc([C@@H]2CCCN(Cc3ccc(F)c(F)c3)C2)no1. The largest absolute Gasteiger partial charge is 0.351 e. The molecule has 2 aliphatic rings. The standard InChI is InChI=1S/C22H27F2N3O2/c23-18-9-8-15(11-19(18)24)13-27-10-4-5-16(14-27)20-12-21(29-26-20)22(28)25-17-6-2-1-3-7-17/h8-9,11-12,16-17H,1-7,10,13-14H2,(H,25,28)/t16-/m1/s1. The first kappa shape index (κ1) is 20.0. The van der Waals surface area contributed by atoms with Crippen molar-refractivity contribution in [2.24, 2.45) is 0 Å².